The third-order valence-corrected chi connectivity index (χ3v) is 3.15. The van der Waals surface area contributed by atoms with Gasteiger partial charge >= 0.3 is 5.97 Å². The molecule has 5 nitrogen and oxygen atoms in total. The Morgan fingerprint density at radius 3 is 2.58 bits per heavy atom. The van der Waals surface area contributed by atoms with Crippen molar-refractivity contribution in [2.75, 3.05) is 18.1 Å². The van der Waals surface area contributed by atoms with Gasteiger partial charge in [0, 0.05) is 17.3 Å². The zero-order chi connectivity index (χ0) is 13.8. The lowest BCUT2D eigenvalue weighted by molar-refractivity contribution is -0.137. The summed E-state index contributed by atoms with van der Waals surface area (Å²) < 4.78 is 5.31. The van der Waals surface area contributed by atoms with E-state index < -0.39 is 12.1 Å². The molecule has 1 aliphatic rings. The van der Waals surface area contributed by atoms with E-state index in [2.05, 4.69) is 0 Å². The van der Waals surface area contributed by atoms with Crippen molar-refractivity contribution in [3.8, 4) is 0 Å². The first-order chi connectivity index (χ1) is 9.08. The molecule has 0 bridgehead atoms. The van der Waals surface area contributed by atoms with Crippen LogP contribution in [0.4, 0.5) is 5.69 Å². The van der Waals surface area contributed by atoms with Crippen molar-refractivity contribution in [2.45, 2.75) is 18.9 Å². The summed E-state index contributed by atoms with van der Waals surface area (Å²) in [6, 6.07) is 6.49. The summed E-state index contributed by atoms with van der Waals surface area (Å²) in [4.78, 5) is 24.4. The van der Waals surface area contributed by atoms with Crippen molar-refractivity contribution in [1.82, 2.24) is 0 Å². The average Bonchev–Trinajstić information content (AvgIpc) is 2.90. The van der Waals surface area contributed by atoms with Gasteiger partial charge in [-0.2, -0.15) is 0 Å². The molecule has 1 atom stereocenters. The van der Waals surface area contributed by atoms with Crippen molar-refractivity contribution in [2.24, 2.45) is 0 Å². The third-order valence-electron chi connectivity index (χ3n) is 2.90. The second-order valence-electron chi connectivity index (χ2n) is 4.30. The van der Waals surface area contributed by atoms with E-state index in [4.69, 9.17) is 21.4 Å². The van der Waals surface area contributed by atoms with Gasteiger partial charge in [-0.15, -0.1) is 0 Å². The predicted molar refractivity (Wildman–Crippen MR) is 70.4 cm³/mol. The molecule has 1 aliphatic heterocycles. The fraction of sp³-hybridized carbons (Fsp3) is 0.385. The number of carboxylic acid groups (broad SMARTS) is 1. The van der Waals surface area contributed by atoms with Crippen molar-refractivity contribution < 1.29 is 19.4 Å². The van der Waals surface area contributed by atoms with E-state index in [1.165, 1.54) is 4.90 Å². The van der Waals surface area contributed by atoms with Crippen LogP contribution in [0.15, 0.2) is 24.3 Å². The van der Waals surface area contributed by atoms with Gasteiger partial charge < -0.3 is 9.84 Å². The molecule has 2 rings (SSSR count). The number of rotatable bonds is 4. The predicted octanol–water partition coefficient (Wildman–Crippen LogP) is 1.94. The highest BCUT2D eigenvalue weighted by molar-refractivity contribution is 6.30. The number of anilines is 1. The van der Waals surface area contributed by atoms with E-state index >= 15 is 0 Å². The summed E-state index contributed by atoms with van der Waals surface area (Å²) in [5.74, 6) is -1.39. The Morgan fingerprint density at radius 1 is 1.37 bits per heavy atom. The fourth-order valence-corrected chi connectivity index (χ4v) is 2.12. The normalized spacial score (nSPS) is 18.3. The van der Waals surface area contributed by atoms with Crippen LogP contribution >= 0.6 is 11.6 Å². The van der Waals surface area contributed by atoms with Crippen molar-refractivity contribution in [1.29, 1.82) is 0 Å². The van der Waals surface area contributed by atoms with Gasteiger partial charge in [0.05, 0.1) is 0 Å². The average molecular weight is 284 g/mol. The maximum Gasteiger partial charge on any atom is 0.323 e. The molecule has 1 unspecified atom stereocenters. The van der Waals surface area contributed by atoms with Gasteiger partial charge in [0.2, 0.25) is 0 Å². The summed E-state index contributed by atoms with van der Waals surface area (Å²) in [6.45, 7) is 0.151. The molecule has 0 aromatic heterocycles. The van der Waals surface area contributed by atoms with Gasteiger partial charge in [-0.1, -0.05) is 11.6 Å². The lowest BCUT2D eigenvalue weighted by atomic mass is 10.2. The standard InChI is InChI=1S/C13H14ClNO4/c14-9-3-5-10(6-4-9)15(8-12(16)17)13(18)11-2-1-7-19-11/h3-6,11H,1-2,7-8H2,(H,16,17). The molecule has 1 amide bonds. The lowest BCUT2D eigenvalue weighted by Gasteiger charge is -2.23. The minimum absolute atomic E-state index is 0.317. The maximum absolute atomic E-state index is 12.3. The quantitative estimate of drug-likeness (QED) is 0.917. The molecule has 0 aliphatic carbocycles. The number of hydrogen-bond donors (Lipinski definition) is 1. The molecule has 1 fully saturated rings. The number of carboxylic acids is 1. The van der Waals surface area contributed by atoms with Crippen LogP contribution in [-0.4, -0.2) is 36.2 Å². The minimum atomic E-state index is -1.07. The Balaban J connectivity index is 2.21. The molecule has 6 heteroatoms. The molecule has 19 heavy (non-hydrogen) atoms. The number of aliphatic carboxylic acids is 1. The molecule has 0 spiro atoms. The SMILES string of the molecule is O=C(O)CN(C(=O)C1CCCO1)c1ccc(Cl)cc1. The van der Waals surface area contributed by atoms with Crippen molar-refractivity contribution >= 4 is 29.2 Å². The summed E-state index contributed by atoms with van der Waals surface area (Å²) in [5, 5.41) is 9.46. The van der Waals surface area contributed by atoms with Crippen LogP contribution in [0, 0.1) is 0 Å². The first kappa shape index (κ1) is 13.8. The molecule has 1 aromatic rings. The zero-order valence-electron chi connectivity index (χ0n) is 10.2. The van der Waals surface area contributed by atoms with E-state index in [0.717, 1.165) is 6.42 Å². The monoisotopic (exact) mass is 283 g/mol. The Bertz CT molecular complexity index is 468. The Hall–Kier alpha value is -1.59. The number of amides is 1. The zero-order valence-corrected chi connectivity index (χ0v) is 11.0. The second kappa shape index (κ2) is 6.04. The van der Waals surface area contributed by atoms with Crippen LogP contribution in [0.3, 0.4) is 0 Å². The van der Waals surface area contributed by atoms with Crippen molar-refractivity contribution in [3.05, 3.63) is 29.3 Å². The van der Waals surface area contributed by atoms with E-state index in [1.54, 1.807) is 24.3 Å². The summed E-state index contributed by atoms with van der Waals surface area (Å²) in [6.07, 6.45) is 0.899. The molecule has 1 saturated heterocycles. The number of nitrogens with zero attached hydrogens (tertiary/aromatic N) is 1. The molecule has 1 aromatic carbocycles. The Kier molecular flexibility index (Phi) is 4.39. The smallest absolute Gasteiger partial charge is 0.323 e. The lowest BCUT2D eigenvalue weighted by Crippen LogP contribution is -2.42. The van der Waals surface area contributed by atoms with Crippen LogP contribution < -0.4 is 4.90 Å². The molecule has 1 N–H and O–H groups in total. The van der Waals surface area contributed by atoms with Gasteiger partial charge in [-0.3, -0.25) is 14.5 Å². The van der Waals surface area contributed by atoms with Gasteiger partial charge in [0.15, 0.2) is 0 Å². The number of hydrogen-bond acceptors (Lipinski definition) is 3. The second-order valence-corrected chi connectivity index (χ2v) is 4.73. The molecular formula is C13H14ClNO4. The van der Waals surface area contributed by atoms with E-state index in [1.807, 2.05) is 0 Å². The molecule has 0 saturated carbocycles. The number of ether oxygens (including phenoxy) is 1. The summed E-state index contributed by atoms with van der Waals surface area (Å²) >= 11 is 5.78. The Labute approximate surface area is 115 Å². The highest BCUT2D eigenvalue weighted by atomic mass is 35.5. The van der Waals surface area contributed by atoms with Crippen LogP contribution in [0.1, 0.15) is 12.8 Å². The molecule has 0 radical (unpaired) electrons. The molecule has 1 heterocycles. The van der Waals surface area contributed by atoms with E-state index in [9.17, 15) is 9.59 Å². The number of benzene rings is 1. The largest absolute Gasteiger partial charge is 0.480 e. The third kappa shape index (κ3) is 3.45. The van der Waals surface area contributed by atoms with Gasteiger partial charge in [0.1, 0.15) is 12.6 Å². The first-order valence-electron chi connectivity index (χ1n) is 5.98. The van der Waals surface area contributed by atoms with Gasteiger partial charge in [0.25, 0.3) is 5.91 Å². The number of carbonyl (C=O) groups is 2. The molecule has 102 valence electrons. The van der Waals surface area contributed by atoms with Crippen LogP contribution in [-0.2, 0) is 14.3 Å². The van der Waals surface area contributed by atoms with Crippen LogP contribution in [0.2, 0.25) is 5.02 Å². The number of carbonyl (C=O) groups excluding carboxylic acids is 1. The first-order valence-corrected chi connectivity index (χ1v) is 6.36. The highest BCUT2D eigenvalue weighted by Crippen LogP contribution is 2.22. The van der Waals surface area contributed by atoms with Crippen LogP contribution in [0.25, 0.3) is 0 Å². The fourth-order valence-electron chi connectivity index (χ4n) is 2.00. The summed E-state index contributed by atoms with van der Waals surface area (Å²) in [7, 11) is 0. The van der Waals surface area contributed by atoms with E-state index in [-0.39, 0.29) is 12.5 Å². The Morgan fingerprint density at radius 2 is 2.05 bits per heavy atom. The van der Waals surface area contributed by atoms with E-state index in [0.29, 0.717) is 23.7 Å². The van der Waals surface area contributed by atoms with Gasteiger partial charge in [-0.05, 0) is 37.1 Å². The molecular weight excluding hydrogens is 270 g/mol. The summed E-state index contributed by atoms with van der Waals surface area (Å²) in [5.41, 5.74) is 0.507. The van der Waals surface area contributed by atoms with Crippen LogP contribution in [0.5, 0.6) is 0 Å². The maximum atomic E-state index is 12.3. The van der Waals surface area contributed by atoms with Gasteiger partial charge in [-0.25, -0.2) is 0 Å². The topological polar surface area (TPSA) is 66.8 Å². The van der Waals surface area contributed by atoms with Crippen molar-refractivity contribution in [3.63, 3.8) is 0 Å². The minimum Gasteiger partial charge on any atom is -0.480 e. The number of halogens is 1. The highest BCUT2D eigenvalue weighted by Gasteiger charge is 2.30.